The van der Waals surface area contributed by atoms with Crippen LogP contribution in [0, 0.1) is 5.82 Å². The summed E-state index contributed by atoms with van der Waals surface area (Å²) < 4.78 is 14.7. The minimum atomic E-state index is -0.482. The van der Waals surface area contributed by atoms with Gasteiger partial charge in [0, 0.05) is 6.42 Å². The van der Waals surface area contributed by atoms with Crippen molar-refractivity contribution in [3.63, 3.8) is 0 Å². The van der Waals surface area contributed by atoms with Crippen molar-refractivity contribution in [1.82, 2.24) is 14.6 Å². The predicted molar refractivity (Wildman–Crippen MR) is 107 cm³/mol. The lowest BCUT2D eigenvalue weighted by Crippen LogP contribution is -2.28. The molecule has 2 aromatic carbocycles. The van der Waals surface area contributed by atoms with Gasteiger partial charge in [-0.1, -0.05) is 54.7 Å². The van der Waals surface area contributed by atoms with Crippen LogP contribution in [0.3, 0.4) is 0 Å². The van der Waals surface area contributed by atoms with Gasteiger partial charge in [0.1, 0.15) is 11.5 Å². The van der Waals surface area contributed by atoms with Gasteiger partial charge in [-0.05, 0) is 41.3 Å². The molecule has 4 rings (SSSR count). The number of rotatable bonds is 4. The highest BCUT2D eigenvalue weighted by atomic mass is 32.1. The molecule has 2 aromatic heterocycles. The van der Waals surface area contributed by atoms with E-state index < -0.39 is 5.56 Å². The molecule has 0 saturated heterocycles. The average Bonchev–Trinajstić information content (AvgIpc) is 2.99. The van der Waals surface area contributed by atoms with Crippen molar-refractivity contribution in [3.8, 4) is 0 Å². The van der Waals surface area contributed by atoms with Crippen LogP contribution in [-0.2, 0) is 12.8 Å². The van der Waals surface area contributed by atoms with Gasteiger partial charge in [-0.2, -0.15) is 14.6 Å². The maximum atomic E-state index is 13.1. The van der Waals surface area contributed by atoms with Gasteiger partial charge in [0.2, 0.25) is 4.96 Å². The molecule has 0 bridgehead atoms. The van der Waals surface area contributed by atoms with Gasteiger partial charge in [0.15, 0.2) is 0 Å². The highest BCUT2D eigenvalue weighted by Crippen LogP contribution is 2.08. The first-order chi connectivity index (χ1) is 13.5. The van der Waals surface area contributed by atoms with Crippen LogP contribution in [0.5, 0.6) is 0 Å². The number of thiazole rings is 1. The fraction of sp³-hybridized carbons (Fsp3) is 0.143. The highest BCUT2D eigenvalue weighted by Gasteiger charge is 2.11. The fourth-order valence-electron chi connectivity index (χ4n) is 2.85. The maximum Gasteiger partial charge on any atom is 0.296 e. The van der Waals surface area contributed by atoms with Gasteiger partial charge in [0.25, 0.3) is 11.1 Å². The molecule has 0 atom stereocenters. The number of aromatic nitrogens is 3. The van der Waals surface area contributed by atoms with Crippen molar-refractivity contribution >= 4 is 22.4 Å². The molecule has 0 aliphatic rings. The van der Waals surface area contributed by atoms with Gasteiger partial charge in [0.05, 0.1) is 4.53 Å². The van der Waals surface area contributed by atoms with Gasteiger partial charge in [-0.3, -0.25) is 9.59 Å². The smallest absolute Gasteiger partial charge is 0.266 e. The summed E-state index contributed by atoms with van der Waals surface area (Å²) in [7, 11) is 0. The molecule has 7 heteroatoms. The zero-order valence-corrected chi connectivity index (χ0v) is 15.9. The van der Waals surface area contributed by atoms with Gasteiger partial charge in [-0.25, -0.2) is 4.39 Å². The van der Waals surface area contributed by atoms with Crippen LogP contribution in [0.25, 0.3) is 11.0 Å². The van der Waals surface area contributed by atoms with Crippen molar-refractivity contribution in [2.45, 2.75) is 19.8 Å². The standard InChI is InChI=1S/C21H16FN3O2S/c1-2-13-3-5-15(6-4-13)12-18-20(27)25-21(28-18)23-19(26)17(24-25)11-14-7-9-16(22)10-8-14/h3-10,12H,2,11H2,1H3/b18-12-. The quantitative estimate of drug-likeness (QED) is 0.534. The van der Waals surface area contributed by atoms with Gasteiger partial charge < -0.3 is 0 Å². The number of benzene rings is 2. The Labute approximate surface area is 163 Å². The van der Waals surface area contributed by atoms with Crippen molar-refractivity contribution in [3.05, 3.63) is 102 Å². The van der Waals surface area contributed by atoms with Gasteiger partial charge in [-0.15, -0.1) is 0 Å². The van der Waals surface area contributed by atoms with Crippen LogP contribution < -0.4 is 15.7 Å². The van der Waals surface area contributed by atoms with E-state index in [-0.39, 0.29) is 28.5 Å². The van der Waals surface area contributed by atoms with Crippen LogP contribution in [0.15, 0.2) is 58.1 Å². The monoisotopic (exact) mass is 393 g/mol. The predicted octanol–water partition coefficient (Wildman–Crippen LogP) is 2.35. The topological polar surface area (TPSA) is 64.3 Å². The maximum absolute atomic E-state index is 13.1. The van der Waals surface area contributed by atoms with E-state index in [1.165, 1.54) is 17.7 Å². The second-order valence-corrected chi connectivity index (χ2v) is 7.38. The Bertz CT molecular complexity index is 1310. The zero-order valence-electron chi connectivity index (χ0n) is 15.1. The van der Waals surface area contributed by atoms with Crippen LogP contribution in [0.1, 0.15) is 29.3 Å². The molecule has 140 valence electrons. The first kappa shape index (κ1) is 18.2. The van der Waals surface area contributed by atoms with E-state index in [0.717, 1.165) is 33.4 Å². The Hall–Kier alpha value is -3.19. The van der Waals surface area contributed by atoms with Crippen LogP contribution in [0.2, 0.25) is 0 Å². The second kappa shape index (κ2) is 7.44. The normalized spacial score (nSPS) is 12.0. The molecule has 0 unspecified atom stereocenters. The summed E-state index contributed by atoms with van der Waals surface area (Å²) in [6.45, 7) is 2.08. The minimum absolute atomic E-state index is 0.151. The summed E-state index contributed by atoms with van der Waals surface area (Å²) >= 11 is 1.13. The molecule has 0 saturated carbocycles. The Kier molecular flexibility index (Phi) is 4.83. The number of halogens is 1. The molecule has 0 aliphatic carbocycles. The van der Waals surface area contributed by atoms with E-state index in [1.54, 1.807) is 18.2 Å². The minimum Gasteiger partial charge on any atom is -0.266 e. The Morgan fingerprint density at radius 3 is 2.39 bits per heavy atom. The van der Waals surface area contributed by atoms with Crippen LogP contribution in [-0.4, -0.2) is 14.6 Å². The zero-order chi connectivity index (χ0) is 19.7. The molecule has 28 heavy (non-hydrogen) atoms. The Balaban J connectivity index is 1.76. The third-order valence-electron chi connectivity index (χ3n) is 4.42. The average molecular weight is 393 g/mol. The molecular weight excluding hydrogens is 377 g/mol. The molecule has 0 N–H and O–H groups in total. The fourth-order valence-corrected chi connectivity index (χ4v) is 3.75. The summed E-state index contributed by atoms with van der Waals surface area (Å²) in [5, 5.41) is 4.21. The van der Waals surface area contributed by atoms with E-state index in [9.17, 15) is 14.0 Å². The lowest BCUT2D eigenvalue weighted by Gasteiger charge is -2.00. The van der Waals surface area contributed by atoms with Crippen LogP contribution >= 0.6 is 11.3 Å². The Morgan fingerprint density at radius 2 is 1.71 bits per heavy atom. The van der Waals surface area contributed by atoms with Crippen molar-refractivity contribution < 1.29 is 4.39 Å². The third kappa shape index (κ3) is 3.61. The highest BCUT2D eigenvalue weighted by molar-refractivity contribution is 7.15. The van der Waals surface area contributed by atoms with E-state index in [0.29, 0.717) is 4.53 Å². The van der Waals surface area contributed by atoms with E-state index in [1.807, 2.05) is 24.3 Å². The summed E-state index contributed by atoms with van der Waals surface area (Å²) in [4.78, 5) is 29.3. The first-order valence-electron chi connectivity index (χ1n) is 8.81. The summed E-state index contributed by atoms with van der Waals surface area (Å²) in [6, 6.07) is 13.7. The number of fused-ring (bicyclic) bond motifs is 1. The summed E-state index contributed by atoms with van der Waals surface area (Å²) in [5.74, 6) is -0.353. The second-order valence-electron chi connectivity index (χ2n) is 6.37. The molecule has 0 amide bonds. The molecule has 0 radical (unpaired) electrons. The van der Waals surface area contributed by atoms with E-state index in [2.05, 4.69) is 17.0 Å². The lowest BCUT2D eigenvalue weighted by atomic mass is 10.1. The molecule has 5 nitrogen and oxygen atoms in total. The number of hydrogen-bond donors (Lipinski definition) is 0. The Morgan fingerprint density at radius 1 is 1.04 bits per heavy atom. The van der Waals surface area contributed by atoms with Crippen molar-refractivity contribution in [2.75, 3.05) is 0 Å². The first-order valence-corrected chi connectivity index (χ1v) is 9.63. The molecule has 0 spiro atoms. The number of hydrogen-bond acceptors (Lipinski definition) is 5. The van der Waals surface area contributed by atoms with E-state index in [4.69, 9.17) is 0 Å². The molecule has 0 aliphatic heterocycles. The summed E-state index contributed by atoms with van der Waals surface area (Å²) in [6.07, 6.45) is 2.90. The number of aryl methyl sites for hydroxylation is 1. The molecule has 4 aromatic rings. The van der Waals surface area contributed by atoms with Gasteiger partial charge >= 0.3 is 0 Å². The van der Waals surface area contributed by atoms with Crippen molar-refractivity contribution in [2.24, 2.45) is 0 Å². The lowest BCUT2D eigenvalue weighted by molar-refractivity contribution is 0.627. The summed E-state index contributed by atoms with van der Waals surface area (Å²) in [5.41, 5.74) is 2.19. The van der Waals surface area contributed by atoms with Crippen LogP contribution in [0.4, 0.5) is 4.39 Å². The third-order valence-corrected chi connectivity index (χ3v) is 5.38. The molecular formula is C21H16FN3O2S. The SMILES string of the molecule is CCc1ccc(/C=c2\sc3nc(=O)c(Cc4ccc(F)cc4)nn3c2=O)cc1. The van der Waals surface area contributed by atoms with E-state index >= 15 is 0 Å². The molecule has 0 fully saturated rings. The molecule has 2 heterocycles. The largest absolute Gasteiger partial charge is 0.296 e. The van der Waals surface area contributed by atoms with Crippen molar-refractivity contribution in [1.29, 1.82) is 0 Å². The number of nitrogens with zero attached hydrogens (tertiary/aromatic N) is 3.